The Bertz CT molecular complexity index is 1340. The molecule has 0 bridgehead atoms. The highest BCUT2D eigenvalue weighted by Crippen LogP contribution is 2.41. The number of rotatable bonds is 7. The van der Waals surface area contributed by atoms with E-state index in [0.29, 0.717) is 17.5 Å². The quantitative estimate of drug-likeness (QED) is 0.427. The summed E-state index contributed by atoms with van der Waals surface area (Å²) in [5.74, 6) is -3.10. The van der Waals surface area contributed by atoms with E-state index in [1.807, 2.05) is 12.1 Å². The van der Waals surface area contributed by atoms with E-state index in [4.69, 9.17) is 0 Å². The number of pyridine rings is 1. The lowest BCUT2D eigenvalue weighted by molar-refractivity contribution is -0.131. The van der Waals surface area contributed by atoms with E-state index < -0.39 is 18.5 Å². The Morgan fingerprint density at radius 1 is 1.22 bits per heavy atom. The average molecular weight is 521 g/mol. The molecule has 196 valence electrons. The van der Waals surface area contributed by atoms with Gasteiger partial charge in [0.15, 0.2) is 0 Å². The Labute approximate surface area is 209 Å². The molecule has 0 aromatic carbocycles. The lowest BCUT2D eigenvalue weighted by Crippen LogP contribution is -2.42. The van der Waals surface area contributed by atoms with Gasteiger partial charge in [0.1, 0.15) is 0 Å². The van der Waals surface area contributed by atoms with Gasteiger partial charge < -0.3 is 10.6 Å². The van der Waals surface area contributed by atoms with Gasteiger partial charge in [-0.3, -0.25) is 4.79 Å². The minimum absolute atomic E-state index is 0.152. The van der Waals surface area contributed by atoms with Crippen molar-refractivity contribution in [1.82, 2.24) is 24.9 Å². The summed E-state index contributed by atoms with van der Waals surface area (Å²) < 4.78 is 65.1. The van der Waals surface area contributed by atoms with Gasteiger partial charge in [-0.05, 0) is 48.4 Å². The zero-order valence-electron chi connectivity index (χ0n) is 19.8. The molecule has 3 heterocycles. The number of hydrogen-bond donors (Lipinski definition) is 2. The predicted octanol–water partition coefficient (Wildman–Crippen LogP) is 5.03. The zero-order valence-corrected chi connectivity index (χ0v) is 19.8. The van der Waals surface area contributed by atoms with Gasteiger partial charge in [-0.15, -0.1) is 0 Å². The molecule has 0 aliphatic heterocycles. The normalized spacial score (nSPS) is 17.5. The Hall–Kier alpha value is -3.57. The van der Waals surface area contributed by atoms with Gasteiger partial charge in [-0.25, -0.2) is 23.3 Å². The van der Waals surface area contributed by atoms with Gasteiger partial charge in [-0.2, -0.15) is 18.3 Å². The Morgan fingerprint density at radius 3 is 2.78 bits per heavy atom. The number of aromatic nitrogens is 4. The number of amides is 1. The van der Waals surface area contributed by atoms with Crippen LogP contribution >= 0.6 is 0 Å². The van der Waals surface area contributed by atoms with E-state index in [1.54, 1.807) is 16.9 Å². The SMILES string of the molecule is O=C(NCC1CC(F)(F)C1)c1cnn2ccc(C3=CCCCc4nc(NCCC(F)(F)F)ncc43)cc12. The maximum Gasteiger partial charge on any atom is 0.390 e. The molecule has 3 aromatic rings. The third-order valence-electron chi connectivity index (χ3n) is 6.62. The lowest BCUT2D eigenvalue weighted by Gasteiger charge is -2.34. The summed E-state index contributed by atoms with van der Waals surface area (Å²) in [5.41, 5.74) is 4.08. The molecule has 0 unspecified atom stereocenters. The number of allylic oxidation sites excluding steroid dienone is 1. The minimum Gasteiger partial charge on any atom is -0.354 e. The molecule has 12 heteroatoms. The van der Waals surface area contributed by atoms with E-state index in [2.05, 4.69) is 31.8 Å². The second-order valence-corrected chi connectivity index (χ2v) is 9.50. The van der Waals surface area contributed by atoms with E-state index in [9.17, 15) is 26.7 Å². The highest BCUT2D eigenvalue weighted by Gasteiger charge is 2.45. The van der Waals surface area contributed by atoms with Crippen LogP contribution in [0, 0.1) is 5.92 Å². The largest absolute Gasteiger partial charge is 0.390 e. The number of hydrogen-bond acceptors (Lipinski definition) is 5. The van der Waals surface area contributed by atoms with Crippen LogP contribution in [0.4, 0.5) is 27.9 Å². The number of nitrogens with zero attached hydrogens (tertiary/aromatic N) is 4. The highest BCUT2D eigenvalue weighted by atomic mass is 19.4. The minimum atomic E-state index is -4.26. The van der Waals surface area contributed by atoms with E-state index in [0.717, 1.165) is 35.2 Å². The van der Waals surface area contributed by atoms with Crippen LogP contribution in [0.2, 0.25) is 0 Å². The van der Waals surface area contributed by atoms with Crippen molar-refractivity contribution in [3.8, 4) is 0 Å². The molecule has 5 rings (SSSR count). The van der Waals surface area contributed by atoms with Crippen LogP contribution in [-0.2, 0) is 6.42 Å². The van der Waals surface area contributed by atoms with Crippen LogP contribution in [0.1, 0.15) is 59.3 Å². The van der Waals surface area contributed by atoms with E-state index in [-0.39, 0.29) is 43.7 Å². The summed E-state index contributed by atoms with van der Waals surface area (Å²) in [4.78, 5) is 21.5. The van der Waals surface area contributed by atoms with Crippen LogP contribution < -0.4 is 10.6 Å². The van der Waals surface area contributed by atoms with Crippen LogP contribution in [-0.4, -0.2) is 50.7 Å². The molecule has 2 aliphatic rings. The summed E-state index contributed by atoms with van der Waals surface area (Å²) in [6.07, 6.45) is 3.40. The van der Waals surface area contributed by atoms with Crippen molar-refractivity contribution < 1.29 is 26.7 Å². The van der Waals surface area contributed by atoms with Crippen molar-refractivity contribution in [1.29, 1.82) is 0 Å². The monoisotopic (exact) mass is 520 g/mol. The van der Waals surface area contributed by atoms with Crippen molar-refractivity contribution in [3.05, 3.63) is 59.2 Å². The second-order valence-electron chi connectivity index (χ2n) is 9.50. The Morgan fingerprint density at radius 2 is 2.03 bits per heavy atom. The first-order chi connectivity index (χ1) is 17.6. The van der Waals surface area contributed by atoms with Crippen molar-refractivity contribution >= 4 is 22.9 Å². The van der Waals surface area contributed by atoms with Crippen LogP contribution in [0.3, 0.4) is 0 Å². The first-order valence-electron chi connectivity index (χ1n) is 12.1. The number of nitrogens with one attached hydrogen (secondary N) is 2. The molecule has 1 fully saturated rings. The number of carbonyl (C=O) groups is 1. The predicted molar refractivity (Wildman–Crippen MR) is 126 cm³/mol. The molecule has 0 spiro atoms. The first kappa shape index (κ1) is 25.1. The van der Waals surface area contributed by atoms with Gasteiger partial charge in [0.25, 0.3) is 5.91 Å². The number of carbonyl (C=O) groups excluding carboxylic acids is 1. The number of aryl methyl sites for hydroxylation is 1. The average Bonchev–Trinajstić information content (AvgIpc) is 3.13. The maximum atomic E-state index is 13.1. The van der Waals surface area contributed by atoms with Gasteiger partial charge >= 0.3 is 6.18 Å². The highest BCUT2D eigenvalue weighted by molar-refractivity contribution is 6.01. The molecule has 0 saturated heterocycles. The second kappa shape index (κ2) is 9.71. The molecular formula is C25H25F5N6O. The maximum absolute atomic E-state index is 13.1. The van der Waals surface area contributed by atoms with E-state index >= 15 is 0 Å². The fourth-order valence-electron chi connectivity index (χ4n) is 4.72. The Kier molecular flexibility index (Phi) is 6.59. The van der Waals surface area contributed by atoms with Gasteiger partial charge in [-0.1, -0.05) is 6.08 Å². The van der Waals surface area contributed by atoms with E-state index in [1.165, 1.54) is 6.20 Å². The van der Waals surface area contributed by atoms with Gasteiger partial charge in [0, 0.05) is 43.9 Å². The number of halogens is 5. The van der Waals surface area contributed by atoms with Crippen molar-refractivity contribution in [3.63, 3.8) is 0 Å². The molecule has 1 saturated carbocycles. The van der Waals surface area contributed by atoms with Crippen LogP contribution in [0.5, 0.6) is 0 Å². The van der Waals surface area contributed by atoms with Crippen molar-refractivity contribution in [2.75, 3.05) is 18.4 Å². The summed E-state index contributed by atoms with van der Waals surface area (Å²) in [6.45, 7) is -0.127. The van der Waals surface area contributed by atoms with Gasteiger partial charge in [0.05, 0.1) is 29.4 Å². The van der Waals surface area contributed by atoms with Crippen molar-refractivity contribution in [2.24, 2.45) is 5.92 Å². The van der Waals surface area contributed by atoms with Crippen LogP contribution in [0.25, 0.3) is 11.1 Å². The lowest BCUT2D eigenvalue weighted by atomic mass is 9.81. The third kappa shape index (κ3) is 5.72. The smallest absolute Gasteiger partial charge is 0.354 e. The molecule has 2 aliphatic carbocycles. The fourth-order valence-corrected chi connectivity index (χ4v) is 4.72. The molecule has 1 amide bonds. The fraction of sp³-hybridized carbons (Fsp3) is 0.440. The molecule has 37 heavy (non-hydrogen) atoms. The Balaban J connectivity index is 1.36. The number of fused-ring (bicyclic) bond motifs is 2. The van der Waals surface area contributed by atoms with Crippen LogP contribution in [0.15, 0.2) is 36.8 Å². The summed E-state index contributed by atoms with van der Waals surface area (Å²) >= 11 is 0. The van der Waals surface area contributed by atoms with Crippen molar-refractivity contribution in [2.45, 2.75) is 50.6 Å². The standard InChI is InChI=1S/C25H25F5N6O/c26-24(27)10-15(11-24)12-32-22(37)19-14-34-36-8-5-16(9-21(19)36)17-3-1-2-4-20-18(17)13-33-23(35-20)31-7-6-25(28,29)30/h3,5,8-9,13-15H,1-2,4,6-7,10-12H2,(H,32,37)(H,31,33,35). The summed E-state index contributed by atoms with van der Waals surface area (Å²) in [7, 11) is 0. The molecule has 0 radical (unpaired) electrons. The zero-order chi connectivity index (χ0) is 26.2. The summed E-state index contributed by atoms with van der Waals surface area (Å²) in [5, 5.41) is 9.61. The van der Waals surface area contributed by atoms with Gasteiger partial charge in [0.2, 0.25) is 11.9 Å². The molecule has 3 aromatic heterocycles. The molecule has 2 N–H and O–H groups in total. The molecule has 7 nitrogen and oxygen atoms in total. The summed E-state index contributed by atoms with van der Waals surface area (Å²) in [6, 6.07) is 3.68. The topological polar surface area (TPSA) is 84.2 Å². The third-order valence-corrected chi connectivity index (χ3v) is 6.62. The number of anilines is 1. The number of alkyl halides is 5. The first-order valence-corrected chi connectivity index (χ1v) is 12.1. The molecule has 0 atom stereocenters. The molecular weight excluding hydrogens is 495 g/mol.